The minimum atomic E-state index is -0.451. The first-order chi connectivity index (χ1) is 14.2. The van der Waals surface area contributed by atoms with Gasteiger partial charge < -0.3 is 15.7 Å². The molecule has 6 heteroatoms. The Labute approximate surface area is 170 Å². The van der Waals surface area contributed by atoms with E-state index in [-0.39, 0.29) is 12.5 Å². The molecule has 0 saturated heterocycles. The van der Waals surface area contributed by atoms with Crippen LogP contribution in [0.1, 0.15) is 54.1 Å². The standard InChI is InChI=1S/C23H26N4O2/c28-15-21(16-7-3-1-4-8-16)26-22(29)17-11-12-18-14-24-23(27-20(18)13-17)25-19-9-5-2-6-10-19/h1,3-4,7-8,11-14,19,21,28H,2,5-6,9-10,15H2,(H,26,29)(H,24,25,27)/t21-/m1/s1. The lowest BCUT2D eigenvalue weighted by molar-refractivity contribution is 0.0916. The number of aliphatic hydroxyl groups excluding tert-OH is 1. The summed E-state index contributed by atoms with van der Waals surface area (Å²) >= 11 is 0. The largest absolute Gasteiger partial charge is 0.394 e. The minimum absolute atomic E-state index is 0.166. The molecule has 3 aromatic rings. The van der Waals surface area contributed by atoms with Crippen LogP contribution in [0.4, 0.5) is 5.95 Å². The Hall–Kier alpha value is -2.99. The highest BCUT2D eigenvalue weighted by Crippen LogP contribution is 2.22. The van der Waals surface area contributed by atoms with E-state index >= 15 is 0 Å². The fourth-order valence-corrected chi connectivity index (χ4v) is 3.82. The van der Waals surface area contributed by atoms with E-state index in [0.29, 0.717) is 17.6 Å². The summed E-state index contributed by atoms with van der Waals surface area (Å²) < 4.78 is 0. The van der Waals surface area contributed by atoms with E-state index in [0.717, 1.165) is 29.3 Å². The van der Waals surface area contributed by atoms with E-state index in [1.807, 2.05) is 36.4 Å². The molecule has 1 saturated carbocycles. The third-order valence-electron chi connectivity index (χ3n) is 5.47. The molecule has 0 aliphatic heterocycles. The number of rotatable bonds is 6. The number of hydrogen-bond donors (Lipinski definition) is 3. The van der Waals surface area contributed by atoms with Crippen molar-refractivity contribution in [3.05, 3.63) is 65.9 Å². The Bertz CT molecular complexity index is 971. The Morgan fingerprint density at radius 2 is 1.90 bits per heavy atom. The van der Waals surface area contributed by atoms with E-state index in [4.69, 9.17) is 0 Å². The fourth-order valence-electron chi connectivity index (χ4n) is 3.82. The van der Waals surface area contributed by atoms with Crippen LogP contribution in [0, 0.1) is 0 Å². The van der Waals surface area contributed by atoms with Gasteiger partial charge in [0, 0.05) is 23.2 Å². The van der Waals surface area contributed by atoms with Gasteiger partial charge in [-0.3, -0.25) is 4.79 Å². The van der Waals surface area contributed by atoms with Crippen molar-refractivity contribution < 1.29 is 9.90 Å². The summed E-state index contributed by atoms with van der Waals surface area (Å²) in [4.78, 5) is 21.8. The van der Waals surface area contributed by atoms with Crippen LogP contribution in [-0.2, 0) is 0 Å². The van der Waals surface area contributed by atoms with Crippen LogP contribution >= 0.6 is 0 Å². The number of fused-ring (bicyclic) bond motifs is 1. The van der Waals surface area contributed by atoms with Crippen LogP contribution < -0.4 is 10.6 Å². The van der Waals surface area contributed by atoms with Crippen molar-refractivity contribution >= 4 is 22.8 Å². The average molecular weight is 390 g/mol. The lowest BCUT2D eigenvalue weighted by Crippen LogP contribution is -2.30. The molecule has 29 heavy (non-hydrogen) atoms. The molecule has 2 aromatic carbocycles. The van der Waals surface area contributed by atoms with Crippen LogP contribution in [-0.4, -0.2) is 33.6 Å². The smallest absolute Gasteiger partial charge is 0.251 e. The second kappa shape index (κ2) is 9.01. The van der Waals surface area contributed by atoms with Crippen molar-refractivity contribution in [1.29, 1.82) is 0 Å². The Balaban J connectivity index is 1.51. The molecule has 1 aliphatic carbocycles. The third kappa shape index (κ3) is 4.71. The number of carbonyl (C=O) groups is 1. The molecular weight excluding hydrogens is 364 g/mol. The number of benzene rings is 2. The number of amides is 1. The summed E-state index contributed by atoms with van der Waals surface area (Å²) in [6.07, 6.45) is 7.85. The van der Waals surface area contributed by atoms with Crippen LogP contribution in [0.15, 0.2) is 54.7 Å². The topological polar surface area (TPSA) is 87.1 Å². The van der Waals surface area contributed by atoms with Gasteiger partial charge in [-0.05, 0) is 30.5 Å². The van der Waals surface area contributed by atoms with Crippen LogP contribution in [0.2, 0.25) is 0 Å². The van der Waals surface area contributed by atoms with E-state index in [9.17, 15) is 9.90 Å². The summed E-state index contributed by atoms with van der Waals surface area (Å²) in [5.41, 5.74) is 2.10. The number of nitrogens with one attached hydrogen (secondary N) is 2. The Morgan fingerprint density at radius 1 is 1.10 bits per heavy atom. The molecule has 1 atom stereocenters. The van der Waals surface area contributed by atoms with Crippen molar-refractivity contribution in [2.75, 3.05) is 11.9 Å². The quantitative estimate of drug-likeness (QED) is 0.595. The maximum absolute atomic E-state index is 12.8. The van der Waals surface area contributed by atoms with Crippen molar-refractivity contribution in [2.45, 2.75) is 44.2 Å². The number of aliphatic hydroxyl groups is 1. The van der Waals surface area contributed by atoms with E-state index in [1.165, 1.54) is 19.3 Å². The van der Waals surface area contributed by atoms with Crippen LogP contribution in [0.25, 0.3) is 10.9 Å². The highest BCUT2D eigenvalue weighted by atomic mass is 16.3. The number of anilines is 1. The predicted molar refractivity (Wildman–Crippen MR) is 114 cm³/mol. The summed E-state index contributed by atoms with van der Waals surface area (Å²) in [6.45, 7) is -0.166. The number of hydrogen-bond acceptors (Lipinski definition) is 5. The maximum Gasteiger partial charge on any atom is 0.251 e. The zero-order valence-electron chi connectivity index (χ0n) is 16.3. The second-order valence-electron chi connectivity index (χ2n) is 7.57. The lowest BCUT2D eigenvalue weighted by Gasteiger charge is -2.22. The molecular formula is C23H26N4O2. The van der Waals surface area contributed by atoms with Gasteiger partial charge in [-0.25, -0.2) is 9.97 Å². The normalized spacial score (nSPS) is 15.8. The van der Waals surface area contributed by atoms with Gasteiger partial charge in [-0.2, -0.15) is 0 Å². The van der Waals surface area contributed by atoms with Crippen molar-refractivity contribution in [1.82, 2.24) is 15.3 Å². The van der Waals surface area contributed by atoms with Gasteiger partial charge in [0.2, 0.25) is 5.95 Å². The number of aromatic nitrogens is 2. The molecule has 3 N–H and O–H groups in total. The zero-order valence-corrected chi connectivity index (χ0v) is 16.3. The first kappa shape index (κ1) is 19.3. The highest BCUT2D eigenvalue weighted by molar-refractivity contribution is 5.98. The van der Waals surface area contributed by atoms with Gasteiger partial charge >= 0.3 is 0 Å². The molecule has 1 fully saturated rings. The monoisotopic (exact) mass is 390 g/mol. The van der Waals surface area contributed by atoms with Gasteiger partial charge in [0.1, 0.15) is 0 Å². The van der Waals surface area contributed by atoms with E-state index in [1.54, 1.807) is 18.3 Å². The van der Waals surface area contributed by atoms with Gasteiger partial charge in [-0.1, -0.05) is 55.7 Å². The molecule has 150 valence electrons. The van der Waals surface area contributed by atoms with Crippen molar-refractivity contribution in [3.8, 4) is 0 Å². The highest BCUT2D eigenvalue weighted by Gasteiger charge is 2.17. The molecule has 0 radical (unpaired) electrons. The van der Waals surface area contributed by atoms with Crippen molar-refractivity contribution in [2.24, 2.45) is 0 Å². The summed E-state index contributed by atoms with van der Waals surface area (Å²) in [5.74, 6) is 0.370. The molecule has 0 bridgehead atoms. The molecule has 0 spiro atoms. The average Bonchev–Trinajstić information content (AvgIpc) is 2.78. The molecule has 1 amide bonds. The second-order valence-corrected chi connectivity index (χ2v) is 7.57. The molecule has 4 rings (SSSR count). The van der Waals surface area contributed by atoms with E-state index in [2.05, 4.69) is 20.6 Å². The Morgan fingerprint density at radius 3 is 2.66 bits per heavy atom. The SMILES string of the molecule is O=C(N[C@H](CO)c1ccccc1)c1ccc2cnc(NC3CCCCC3)nc2c1. The number of nitrogens with zero attached hydrogens (tertiary/aromatic N) is 2. The predicted octanol–water partition coefficient (Wildman–Crippen LogP) is 3.84. The van der Waals surface area contributed by atoms with Gasteiger partial charge in [-0.15, -0.1) is 0 Å². The van der Waals surface area contributed by atoms with Gasteiger partial charge in [0.25, 0.3) is 5.91 Å². The zero-order chi connectivity index (χ0) is 20.1. The maximum atomic E-state index is 12.8. The first-order valence-electron chi connectivity index (χ1n) is 10.2. The summed E-state index contributed by atoms with van der Waals surface area (Å²) in [5, 5.41) is 16.9. The molecule has 1 aromatic heterocycles. The fraction of sp³-hybridized carbons (Fsp3) is 0.348. The van der Waals surface area contributed by atoms with E-state index < -0.39 is 6.04 Å². The molecule has 1 heterocycles. The first-order valence-corrected chi connectivity index (χ1v) is 10.2. The van der Waals surface area contributed by atoms with Crippen molar-refractivity contribution in [3.63, 3.8) is 0 Å². The number of carbonyl (C=O) groups excluding carboxylic acids is 1. The Kier molecular flexibility index (Phi) is 6.00. The van der Waals surface area contributed by atoms with Crippen LogP contribution in [0.5, 0.6) is 0 Å². The summed E-state index contributed by atoms with van der Waals surface area (Å²) in [6, 6.07) is 14.8. The molecule has 0 unspecified atom stereocenters. The van der Waals surface area contributed by atoms with Crippen LogP contribution in [0.3, 0.4) is 0 Å². The molecule has 6 nitrogen and oxygen atoms in total. The third-order valence-corrected chi connectivity index (χ3v) is 5.47. The lowest BCUT2D eigenvalue weighted by atomic mass is 9.96. The van der Waals surface area contributed by atoms with Gasteiger partial charge in [0.05, 0.1) is 18.2 Å². The van der Waals surface area contributed by atoms with Gasteiger partial charge in [0.15, 0.2) is 0 Å². The minimum Gasteiger partial charge on any atom is -0.394 e. The molecule has 1 aliphatic rings. The summed E-state index contributed by atoms with van der Waals surface area (Å²) in [7, 11) is 0.